The van der Waals surface area contributed by atoms with E-state index in [4.69, 9.17) is 33.4 Å². The van der Waals surface area contributed by atoms with Gasteiger partial charge in [-0.25, -0.2) is 4.99 Å². The molecule has 0 spiro atoms. The van der Waals surface area contributed by atoms with Crippen LogP contribution in [0.5, 0.6) is 0 Å². The van der Waals surface area contributed by atoms with Crippen LogP contribution in [0.1, 0.15) is 28.8 Å². The van der Waals surface area contributed by atoms with E-state index in [2.05, 4.69) is 10.3 Å². The summed E-state index contributed by atoms with van der Waals surface area (Å²) in [7, 11) is 1.92. The molecule has 1 aromatic heterocycles. The molecule has 0 radical (unpaired) electrons. The van der Waals surface area contributed by atoms with Gasteiger partial charge in [-0.2, -0.15) is 0 Å². The molecule has 142 valence electrons. The lowest BCUT2D eigenvalue weighted by Crippen LogP contribution is -2.38. The summed E-state index contributed by atoms with van der Waals surface area (Å²) in [6.45, 7) is 3.60. The average Bonchev–Trinajstić information content (AvgIpc) is 3.04. The van der Waals surface area contributed by atoms with E-state index in [0.29, 0.717) is 34.9 Å². The Bertz CT molecular complexity index is 780. The summed E-state index contributed by atoms with van der Waals surface area (Å²) in [4.78, 5) is 17.5. The van der Waals surface area contributed by atoms with Crippen molar-refractivity contribution in [2.24, 2.45) is 10.7 Å². The molecule has 1 heterocycles. The van der Waals surface area contributed by atoms with Crippen molar-refractivity contribution in [2.45, 2.75) is 20.0 Å². The fraction of sp³-hybridized carbons (Fsp3) is 0.294. The maximum absolute atomic E-state index is 11.1. The van der Waals surface area contributed by atoms with Crippen LogP contribution in [0.4, 0.5) is 0 Å². The van der Waals surface area contributed by atoms with Crippen LogP contribution in [-0.4, -0.2) is 30.4 Å². The highest BCUT2D eigenvalue weighted by Gasteiger charge is 2.10. The third-order valence-corrected chi connectivity index (χ3v) is 4.13. The number of nitrogens with two attached hydrogens (primary N) is 1. The predicted molar refractivity (Wildman–Crippen MR) is 115 cm³/mol. The molecule has 0 atom stereocenters. The van der Waals surface area contributed by atoms with Crippen molar-refractivity contribution in [1.82, 2.24) is 10.2 Å². The first kappa shape index (κ1) is 22.6. The molecule has 0 unspecified atom stereocenters. The largest absolute Gasteiger partial charge is 0.454 e. The van der Waals surface area contributed by atoms with Crippen molar-refractivity contribution in [1.29, 1.82) is 0 Å². The van der Waals surface area contributed by atoms with Gasteiger partial charge in [-0.1, -0.05) is 29.3 Å². The summed E-state index contributed by atoms with van der Waals surface area (Å²) in [6, 6.07) is 8.74. The molecule has 1 amide bonds. The molecule has 1 aromatic carbocycles. The van der Waals surface area contributed by atoms with E-state index in [-0.39, 0.29) is 29.7 Å². The molecule has 26 heavy (non-hydrogen) atoms. The van der Waals surface area contributed by atoms with E-state index < -0.39 is 5.91 Å². The second-order valence-corrected chi connectivity index (χ2v) is 6.22. The van der Waals surface area contributed by atoms with E-state index in [0.717, 1.165) is 12.1 Å². The number of furan rings is 1. The highest BCUT2D eigenvalue weighted by Crippen LogP contribution is 2.23. The molecular formula is C17H21Cl2IN4O2. The number of amides is 1. The fourth-order valence-electron chi connectivity index (χ4n) is 2.20. The van der Waals surface area contributed by atoms with E-state index in [1.165, 1.54) is 0 Å². The van der Waals surface area contributed by atoms with Crippen LogP contribution in [0.3, 0.4) is 0 Å². The van der Waals surface area contributed by atoms with E-state index in [1.807, 2.05) is 31.0 Å². The van der Waals surface area contributed by atoms with Crippen molar-refractivity contribution in [3.8, 4) is 0 Å². The Morgan fingerprint density at radius 2 is 2.00 bits per heavy atom. The van der Waals surface area contributed by atoms with Gasteiger partial charge in [-0.15, -0.1) is 24.0 Å². The zero-order chi connectivity index (χ0) is 18.4. The molecule has 0 saturated heterocycles. The highest BCUT2D eigenvalue weighted by atomic mass is 127. The summed E-state index contributed by atoms with van der Waals surface area (Å²) in [5.74, 6) is 0.788. The van der Waals surface area contributed by atoms with Gasteiger partial charge in [0.1, 0.15) is 12.3 Å². The number of hydrogen-bond donors (Lipinski definition) is 2. The third kappa shape index (κ3) is 6.37. The Labute approximate surface area is 179 Å². The van der Waals surface area contributed by atoms with Gasteiger partial charge >= 0.3 is 0 Å². The molecule has 6 nitrogen and oxygen atoms in total. The lowest BCUT2D eigenvalue weighted by Gasteiger charge is -2.22. The summed E-state index contributed by atoms with van der Waals surface area (Å²) in [5, 5.41) is 4.25. The summed E-state index contributed by atoms with van der Waals surface area (Å²) < 4.78 is 5.34. The molecule has 9 heteroatoms. The Morgan fingerprint density at radius 3 is 2.58 bits per heavy atom. The second-order valence-electron chi connectivity index (χ2n) is 5.40. The summed E-state index contributed by atoms with van der Waals surface area (Å²) in [5.41, 5.74) is 6.19. The van der Waals surface area contributed by atoms with E-state index in [9.17, 15) is 4.79 Å². The molecule has 2 rings (SSSR count). The number of benzene rings is 1. The molecule has 0 aliphatic heterocycles. The van der Waals surface area contributed by atoms with Crippen LogP contribution in [0.15, 0.2) is 39.7 Å². The van der Waals surface area contributed by atoms with Crippen molar-refractivity contribution >= 4 is 59.0 Å². The maximum atomic E-state index is 11.1. The lowest BCUT2D eigenvalue weighted by atomic mass is 10.2. The van der Waals surface area contributed by atoms with E-state index in [1.54, 1.807) is 18.2 Å². The van der Waals surface area contributed by atoms with Crippen LogP contribution in [0, 0.1) is 0 Å². The molecule has 0 saturated carbocycles. The van der Waals surface area contributed by atoms with Crippen LogP contribution in [-0.2, 0) is 13.1 Å². The first-order chi connectivity index (χ1) is 11.9. The molecule has 3 N–H and O–H groups in total. The fourth-order valence-corrected chi connectivity index (χ4v) is 2.53. The number of hydrogen-bond acceptors (Lipinski definition) is 3. The Hall–Kier alpha value is -1.45. The number of carbonyl (C=O) groups is 1. The Kier molecular flexibility index (Phi) is 9.24. The van der Waals surface area contributed by atoms with Crippen molar-refractivity contribution in [3.63, 3.8) is 0 Å². The zero-order valence-electron chi connectivity index (χ0n) is 14.5. The Morgan fingerprint density at radius 1 is 1.27 bits per heavy atom. The van der Waals surface area contributed by atoms with Crippen molar-refractivity contribution in [3.05, 3.63) is 57.5 Å². The highest BCUT2D eigenvalue weighted by molar-refractivity contribution is 14.0. The summed E-state index contributed by atoms with van der Waals surface area (Å²) >= 11 is 12.0. The van der Waals surface area contributed by atoms with Gasteiger partial charge in [-0.3, -0.25) is 4.79 Å². The monoisotopic (exact) mass is 510 g/mol. The van der Waals surface area contributed by atoms with Crippen LogP contribution in [0.2, 0.25) is 10.0 Å². The molecule has 0 aliphatic carbocycles. The standard InChI is InChI=1S/C17H20Cl2N4O2.HI/c1-3-21-17(22-9-12-5-7-15(25-12)16(20)24)23(2)10-11-4-6-13(18)14(19)8-11;/h4-8H,3,9-10H2,1-2H3,(H2,20,24)(H,21,22);1H. The number of guanidine groups is 1. The van der Waals surface area contributed by atoms with Gasteiger partial charge in [0.25, 0.3) is 5.91 Å². The molecular weight excluding hydrogens is 490 g/mol. The normalized spacial score (nSPS) is 11.0. The van der Waals surface area contributed by atoms with Crippen LogP contribution >= 0.6 is 47.2 Å². The van der Waals surface area contributed by atoms with Gasteiger partial charge < -0.3 is 20.4 Å². The number of nitrogens with one attached hydrogen (secondary N) is 1. The van der Waals surface area contributed by atoms with Gasteiger partial charge in [0.2, 0.25) is 0 Å². The number of carbonyl (C=O) groups excluding carboxylic acids is 1. The van der Waals surface area contributed by atoms with Crippen LogP contribution in [0.25, 0.3) is 0 Å². The number of rotatable bonds is 6. The SMILES string of the molecule is CCNC(=NCc1ccc(C(N)=O)o1)N(C)Cc1ccc(Cl)c(Cl)c1.I. The predicted octanol–water partition coefficient (Wildman–Crippen LogP) is 3.90. The van der Waals surface area contributed by atoms with Crippen LogP contribution < -0.4 is 11.1 Å². The molecule has 2 aromatic rings. The quantitative estimate of drug-likeness (QED) is 0.350. The van der Waals surface area contributed by atoms with Gasteiger partial charge in [0, 0.05) is 20.1 Å². The van der Waals surface area contributed by atoms with E-state index >= 15 is 0 Å². The smallest absolute Gasteiger partial charge is 0.284 e. The molecule has 0 bridgehead atoms. The third-order valence-electron chi connectivity index (χ3n) is 3.39. The first-order valence-electron chi connectivity index (χ1n) is 7.72. The number of aliphatic imine (C=N–C) groups is 1. The van der Waals surface area contributed by atoms with Crippen molar-refractivity contribution < 1.29 is 9.21 Å². The number of nitrogens with zero attached hydrogens (tertiary/aromatic N) is 2. The van der Waals surface area contributed by atoms with Crippen molar-refractivity contribution in [2.75, 3.05) is 13.6 Å². The lowest BCUT2D eigenvalue weighted by molar-refractivity contribution is 0.0972. The van der Waals surface area contributed by atoms with Gasteiger partial charge in [0.15, 0.2) is 11.7 Å². The zero-order valence-corrected chi connectivity index (χ0v) is 18.3. The van der Waals surface area contributed by atoms with Gasteiger partial charge in [0.05, 0.1) is 10.0 Å². The number of primary amides is 1. The minimum atomic E-state index is -0.598. The minimum absolute atomic E-state index is 0. The van der Waals surface area contributed by atoms with Gasteiger partial charge in [-0.05, 0) is 36.8 Å². The first-order valence-corrected chi connectivity index (χ1v) is 8.48. The topological polar surface area (TPSA) is 83.9 Å². The maximum Gasteiger partial charge on any atom is 0.284 e. The average molecular weight is 511 g/mol. The molecule has 0 fully saturated rings. The minimum Gasteiger partial charge on any atom is -0.454 e. The second kappa shape index (κ2) is 10.6. The number of halogens is 3. The Balaban J connectivity index is 0.00000338. The molecule has 0 aliphatic rings. The summed E-state index contributed by atoms with van der Waals surface area (Å²) in [6.07, 6.45) is 0.